The Balaban J connectivity index is 2.35. The number of amides is 1. The van der Waals surface area contributed by atoms with Crippen molar-refractivity contribution in [3.63, 3.8) is 0 Å². The monoisotopic (exact) mass is 241 g/mol. The van der Waals surface area contributed by atoms with Gasteiger partial charge in [-0.25, -0.2) is 4.79 Å². The fourth-order valence-electron chi connectivity index (χ4n) is 1.91. The van der Waals surface area contributed by atoms with Crippen molar-refractivity contribution in [3.8, 4) is 0 Å². The van der Waals surface area contributed by atoms with E-state index in [0.29, 0.717) is 25.2 Å². The molecule has 17 heavy (non-hydrogen) atoms. The van der Waals surface area contributed by atoms with E-state index in [1.54, 1.807) is 0 Å². The van der Waals surface area contributed by atoms with Gasteiger partial charge in [0.1, 0.15) is 11.4 Å². The molecule has 0 bridgehead atoms. The lowest BCUT2D eigenvalue weighted by Gasteiger charge is -2.33. The second kappa shape index (κ2) is 5.07. The second-order valence-electron chi connectivity index (χ2n) is 6.20. The van der Waals surface area contributed by atoms with Crippen LogP contribution in [0.2, 0.25) is 0 Å². The molecule has 0 aromatic heterocycles. The molecule has 4 nitrogen and oxygen atoms in total. The SMILES string of the molecule is CC1(CNC(=O)OC(C)(C)C)CCC(=O)CC1. The molecule has 98 valence electrons. The minimum Gasteiger partial charge on any atom is -0.444 e. The molecule has 0 saturated heterocycles. The molecular formula is C13H23NO3. The summed E-state index contributed by atoms with van der Waals surface area (Å²) in [5.74, 6) is 0.333. The zero-order chi connectivity index (χ0) is 13.1. The van der Waals surface area contributed by atoms with Gasteiger partial charge in [0.2, 0.25) is 0 Å². The Bertz CT molecular complexity index is 294. The largest absolute Gasteiger partial charge is 0.444 e. The molecule has 0 aliphatic heterocycles. The zero-order valence-corrected chi connectivity index (χ0v) is 11.3. The molecule has 1 saturated carbocycles. The highest BCUT2D eigenvalue weighted by Gasteiger charge is 2.30. The van der Waals surface area contributed by atoms with E-state index in [2.05, 4.69) is 12.2 Å². The van der Waals surface area contributed by atoms with Gasteiger partial charge in [-0.05, 0) is 39.0 Å². The number of hydrogen-bond donors (Lipinski definition) is 1. The number of ether oxygens (including phenoxy) is 1. The third-order valence-electron chi connectivity index (χ3n) is 3.07. The van der Waals surface area contributed by atoms with Gasteiger partial charge in [-0.1, -0.05) is 6.92 Å². The summed E-state index contributed by atoms with van der Waals surface area (Å²) in [6.07, 6.45) is 2.58. The van der Waals surface area contributed by atoms with Crippen LogP contribution >= 0.6 is 0 Å². The topological polar surface area (TPSA) is 55.4 Å². The Morgan fingerprint density at radius 3 is 2.35 bits per heavy atom. The molecular weight excluding hydrogens is 218 g/mol. The fraction of sp³-hybridized carbons (Fsp3) is 0.846. The predicted octanol–water partition coefficient (Wildman–Crippen LogP) is 2.66. The highest BCUT2D eigenvalue weighted by molar-refractivity contribution is 5.79. The summed E-state index contributed by atoms with van der Waals surface area (Å²) in [5.41, 5.74) is -0.432. The van der Waals surface area contributed by atoms with Crippen LogP contribution in [-0.4, -0.2) is 24.0 Å². The summed E-state index contributed by atoms with van der Waals surface area (Å²) in [5, 5.41) is 2.79. The molecule has 0 radical (unpaired) electrons. The lowest BCUT2D eigenvalue weighted by Crippen LogP contribution is -2.40. The van der Waals surface area contributed by atoms with Crippen molar-refractivity contribution >= 4 is 11.9 Å². The predicted molar refractivity (Wildman–Crippen MR) is 65.8 cm³/mol. The zero-order valence-electron chi connectivity index (χ0n) is 11.3. The molecule has 4 heteroatoms. The second-order valence-corrected chi connectivity index (χ2v) is 6.20. The third-order valence-corrected chi connectivity index (χ3v) is 3.07. The first-order valence-corrected chi connectivity index (χ1v) is 6.19. The molecule has 1 fully saturated rings. The van der Waals surface area contributed by atoms with E-state index in [4.69, 9.17) is 4.74 Å². The smallest absolute Gasteiger partial charge is 0.407 e. The first kappa shape index (κ1) is 14.0. The number of nitrogens with one attached hydrogen (secondary N) is 1. The molecule has 0 aromatic rings. The Morgan fingerprint density at radius 1 is 1.35 bits per heavy atom. The maximum Gasteiger partial charge on any atom is 0.407 e. The lowest BCUT2D eigenvalue weighted by atomic mass is 9.75. The molecule has 0 heterocycles. The molecule has 0 unspecified atom stereocenters. The van der Waals surface area contributed by atoms with Crippen molar-refractivity contribution in [2.24, 2.45) is 5.41 Å². The van der Waals surface area contributed by atoms with Gasteiger partial charge in [0.15, 0.2) is 0 Å². The van der Waals surface area contributed by atoms with Crippen LogP contribution in [0.5, 0.6) is 0 Å². The standard InChI is InChI=1S/C13H23NO3/c1-12(2,3)17-11(16)14-9-13(4)7-5-10(15)6-8-13/h5-9H2,1-4H3,(H,14,16). The van der Waals surface area contributed by atoms with Gasteiger partial charge >= 0.3 is 6.09 Å². The Labute approximate surface area is 103 Å². The Hall–Kier alpha value is -1.06. The molecule has 0 spiro atoms. The highest BCUT2D eigenvalue weighted by atomic mass is 16.6. The molecule has 1 N–H and O–H groups in total. The average Bonchev–Trinajstić information content (AvgIpc) is 2.18. The van der Waals surface area contributed by atoms with E-state index >= 15 is 0 Å². The van der Waals surface area contributed by atoms with E-state index in [0.717, 1.165) is 12.8 Å². The van der Waals surface area contributed by atoms with Crippen molar-refractivity contribution < 1.29 is 14.3 Å². The molecule has 0 aromatic carbocycles. The molecule has 1 aliphatic carbocycles. The third kappa shape index (κ3) is 5.20. The van der Waals surface area contributed by atoms with Crippen molar-refractivity contribution in [3.05, 3.63) is 0 Å². The van der Waals surface area contributed by atoms with E-state index in [9.17, 15) is 9.59 Å². The normalized spacial score (nSPS) is 19.9. The van der Waals surface area contributed by atoms with Gasteiger partial charge in [0.25, 0.3) is 0 Å². The van der Waals surface area contributed by atoms with Crippen molar-refractivity contribution in [1.82, 2.24) is 5.32 Å². The first-order chi connectivity index (χ1) is 7.70. The number of ketones is 1. The molecule has 1 rings (SSSR count). The number of hydrogen-bond acceptors (Lipinski definition) is 3. The van der Waals surface area contributed by atoms with Gasteiger partial charge in [0.05, 0.1) is 0 Å². The number of carbonyl (C=O) groups excluding carboxylic acids is 2. The van der Waals surface area contributed by atoms with Crippen LogP contribution in [0.1, 0.15) is 53.4 Å². The number of alkyl carbamates (subject to hydrolysis) is 1. The number of carbonyl (C=O) groups is 2. The first-order valence-electron chi connectivity index (χ1n) is 6.19. The van der Waals surface area contributed by atoms with Crippen molar-refractivity contribution in [1.29, 1.82) is 0 Å². The maximum absolute atomic E-state index is 11.5. The molecule has 1 amide bonds. The van der Waals surface area contributed by atoms with Crippen molar-refractivity contribution in [2.45, 2.75) is 59.0 Å². The van der Waals surface area contributed by atoms with E-state index < -0.39 is 5.60 Å². The fourth-order valence-corrected chi connectivity index (χ4v) is 1.91. The van der Waals surface area contributed by atoms with Gasteiger partial charge < -0.3 is 10.1 Å². The summed E-state index contributed by atoms with van der Waals surface area (Å²) in [6.45, 7) is 8.21. The summed E-state index contributed by atoms with van der Waals surface area (Å²) in [6, 6.07) is 0. The summed E-state index contributed by atoms with van der Waals surface area (Å²) in [7, 11) is 0. The summed E-state index contributed by atoms with van der Waals surface area (Å²) in [4.78, 5) is 22.7. The minimum atomic E-state index is -0.465. The quantitative estimate of drug-likeness (QED) is 0.808. The van der Waals surface area contributed by atoms with Crippen LogP contribution < -0.4 is 5.32 Å². The van der Waals surface area contributed by atoms with E-state index in [1.807, 2.05) is 20.8 Å². The number of rotatable bonds is 2. The summed E-state index contributed by atoms with van der Waals surface area (Å²) >= 11 is 0. The van der Waals surface area contributed by atoms with Gasteiger partial charge in [-0.15, -0.1) is 0 Å². The molecule has 0 atom stereocenters. The van der Waals surface area contributed by atoms with Crippen LogP contribution in [0.15, 0.2) is 0 Å². The Kier molecular flexibility index (Phi) is 4.17. The number of Topliss-reactive ketones (excluding diaryl/α,β-unsaturated/α-hetero) is 1. The highest BCUT2D eigenvalue weighted by Crippen LogP contribution is 2.33. The van der Waals surface area contributed by atoms with E-state index in [1.165, 1.54) is 0 Å². The van der Waals surface area contributed by atoms with Gasteiger partial charge in [-0.2, -0.15) is 0 Å². The van der Waals surface area contributed by atoms with Crippen LogP contribution in [-0.2, 0) is 9.53 Å². The van der Waals surface area contributed by atoms with Crippen LogP contribution in [0, 0.1) is 5.41 Å². The molecule has 1 aliphatic rings. The maximum atomic E-state index is 11.5. The summed E-state index contributed by atoms with van der Waals surface area (Å²) < 4.78 is 5.18. The van der Waals surface area contributed by atoms with Crippen LogP contribution in [0.25, 0.3) is 0 Å². The van der Waals surface area contributed by atoms with Gasteiger partial charge in [0, 0.05) is 19.4 Å². The Morgan fingerprint density at radius 2 is 1.88 bits per heavy atom. The lowest BCUT2D eigenvalue weighted by molar-refractivity contribution is -0.122. The van der Waals surface area contributed by atoms with Crippen LogP contribution in [0.4, 0.5) is 4.79 Å². The average molecular weight is 241 g/mol. The van der Waals surface area contributed by atoms with E-state index in [-0.39, 0.29) is 11.5 Å². The van der Waals surface area contributed by atoms with Crippen LogP contribution in [0.3, 0.4) is 0 Å². The van der Waals surface area contributed by atoms with Crippen molar-refractivity contribution in [2.75, 3.05) is 6.54 Å². The van der Waals surface area contributed by atoms with Gasteiger partial charge in [-0.3, -0.25) is 4.79 Å². The minimum absolute atomic E-state index is 0.0326.